The van der Waals surface area contributed by atoms with Crippen LogP contribution in [-0.4, -0.2) is 66.8 Å². The van der Waals surface area contributed by atoms with E-state index in [2.05, 4.69) is 20.5 Å². The van der Waals surface area contributed by atoms with E-state index in [9.17, 15) is 4.79 Å². The van der Waals surface area contributed by atoms with Gasteiger partial charge >= 0.3 is 0 Å². The Kier molecular flexibility index (Phi) is 5.37. The predicted molar refractivity (Wildman–Crippen MR) is 131 cm³/mol. The molecule has 0 radical (unpaired) electrons. The van der Waals surface area contributed by atoms with Crippen molar-refractivity contribution in [2.45, 2.75) is 31.0 Å². The molecule has 3 aliphatic rings. The lowest BCUT2D eigenvalue weighted by Gasteiger charge is -2.37. The first kappa shape index (κ1) is 21.1. The molecule has 10 heteroatoms. The molecule has 1 aromatic carbocycles. The first-order chi connectivity index (χ1) is 16.1. The highest BCUT2D eigenvalue weighted by atomic mass is 35.5. The van der Waals surface area contributed by atoms with Gasteiger partial charge in [-0.05, 0) is 18.9 Å². The molecular formula is C23H25ClN6O2S. The molecule has 33 heavy (non-hydrogen) atoms. The van der Waals surface area contributed by atoms with Gasteiger partial charge in [-0.2, -0.15) is 4.98 Å². The molecule has 3 aliphatic heterocycles. The molecule has 1 amide bonds. The number of nitrogens with two attached hydrogens (primary N) is 1. The number of carbonyl (C=O) groups is 1. The van der Waals surface area contributed by atoms with Crippen molar-refractivity contribution in [3.05, 3.63) is 34.7 Å². The highest BCUT2D eigenvalue weighted by Crippen LogP contribution is 2.44. The molecule has 0 spiro atoms. The number of hydrogen-bond donors (Lipinski definition) is 2. The van der Waals surface area contributed by atoms with Gasteiger partial charge in [-0.25, -0.2) is 4.98 Å². The summed E-state index contributed by atoms with van der Waals surface area (Å²) in [6.07, 6.45) is 2.18. The molecule has 2 aromatic heterocycles. The molecule has 5 heterocycles. The second kappa shape index (κ2) is 8.39. The molecule has 0 saturated carbocycles. The van der Waals surface area contributed by atoms with Gasteiger partial charge in [0.1, 0.15) is 16.7 Å². The Labute approximate surface area is 200 Å². The Morgan fingerprint density at radius 1 is 1.18 bits per heavy atom. The lowest BCUT2D eigenvalue weighted by molar-refractivity contribution is -0.120. The molecule has 3 aromatic rings. The standard InChI is InChI=1S/C23H25ClN6O2S/c24-17-4-2-1-3-15(17)16-12-33-22-19(16)21(30-13-5-6-14(30)11-32-10-13)27-23(28-22)29-8-7-26-18(9-29)20(25)31/h1-4,12-14,18,26H,5-11H2,(H2,25,31). The van der Waals surface area contributed by atoms with Gasteiger partial charge in [0, 0.05) is 41.2 Å². The number of thiophene rings is 1. The lowest BCUT2D eigenvalue weighted by atomic mass is 10.1. The first-order valence-corrected chi connectivity index (χ1v) is 12.5. The van der Waals surface area contributed by atoms with Gasteiger partial charge < -0.3 is 25.6 Å². The van der Waals surface area contributed by atoms with Gasteiger partial charge in [0.25, 0.3) is 0 Å². The van der Waals surface area contributed by atoms with Crippen molar-refractivity contribution >= 4 is 50.8 Å². The zero-order valence-corrected chi connectivity index (χ0v) is 19.6. The van der Waals surface area contributed by atoms with Gasteiger partial charge in [0.05, 0.1) is 30.7 Å². The van der Waals surface area contributed by atoms with Crippen molar-refractivity contribution in [1.82, 2.24) is 15.3 Å². The fraction of sp³-hybridized carbons (Fsp3) is 0.435. The zero-order chi connectivity index (χ0) is 22.5. The van der Waals surface area contributed by atoms with E-state index in [-0.39, 0.29) is 5.91 Å². The summed E-state index contributed by atoms with van der Waals surface area (Å²) < 4.78 is 5.85. The van der Waals surface area contributed by atoms with Crippen LogP contribution >= 0.6 is 22.9 Å². The number of fused-ring (bicyclic) bond motifs is 3. The van der Waals surface area contributed by atoms with E-state index in [1.807, 2.05) is 24.3 Å². The lowest BCUT2D eigenvalue weighted by Crippen LogP contribution is -2.56. The number of amides is 1. The van der Waals surface area contributed by atoms with Crippen LogP contribution in [-0.2, 0) is 9.53 Å². The SMILES string of the molecule is NC(=O)C1CN(c2nc(N3C4CCC3COC4)c3c(-c4ccccc4Cl)csc3n2)CCN1. The average molecular weight is 485 g/mol. The Hall–Kier alpha value is -2.46. The van der Waals surface area contributed by atoms with Crippen LogP contribution in [0.2, 0.25) is 5.02 Å². The summed E-state index contributed by atoms with van der Waals surface area (Å²) >= 11 is 8.20. The third-order valence-corrected chi connectivity index (χ3v) is 8.06. The summed E-state index contributed by atoms with van der Waals surface area (Å²) in [7, 11) is 0. The molecule has 3 saturated heterocycles. The van der Waals surface area contributed by atoms with Crippen LogP contribution in [0.4, 0.5) is 11.8 Å². The smallest absolute Gasteiger partial charge is 0.236 e. The number of nitrogens with one attached hydrogen (secondary N) is 1. The molecule has 3 unspecified atom stereocenters. The number of rotatable bonds is 4. The number of morpholine rings is 1. The number of primary amides is 1. The average Bonchev–Trinajstić information content (AvgIpc) is 3.36. The van der Waals surface area contributed by atoms with E-state index in [1.54, 1.807) is 11.3 Å². The highest BCUT2D eigenvalue weighted by molar-refractivity contribution is 7.17. The van der Waals surface area contributed by atoms with E-state index >= 15 is 0 Å². The molecular weight excluding hydrogens is 460 g/mol. The van der Waals surface area contributed by atoms with Crippen molar-refractivity contribution in [2.75, 3.05) is 42.6 Å². The van der Waals surface area contributed by atoms with Crippen molar-refractivity contribution in [3.63, 3.8) is 0 Å². The number of carbonyl (C=O) groups excluding carboxylic acids is 1. The number of halogens is 1. The maximum absolute atomic E-state index is 11.8. The minimum Gasteiger partial charge on any atom is -0.377 e. The second-order valence-electron chi connectivity index (χ2n) is 8.84. The van der Waals surface area contributed by atoms with Crippen molar-refractivity contribution in [3.8, 4) is 11.1 Å². The summed E-state index contributed by atoms with van der Waals surface area (Å²) in [5.74, 6) is 1.23. The number of piperazine rings is 1. The van der Waals surface area contributed by atoms with Crippen molar-refractivity contribution < 1.29 is 9.53 Å². The molecule has 172 valence electrons. The Morgan fingerprint density at radius 3 is 2.73 bits per heavy atom. The van der Waals surface area contributed by atoms with Crippen LogP contribution in [0.15, 0.2) is 29.6 Å². The van der Waals surface area contributed by atoms with E-state index < -0.39 is 6.04 Å². The third-order valence-electron chi connectivity index (χ3n) is 6.85. The fourth-order valence-electron chi connectivity index (χ4n) is 5.22. The minimum atomic E-state index is -0.414. The fourth-order valence-corrected chi connectivity index (χ4v) is 6.38. The summed E-state index contributed by atoms with van der Waals surface area (Å²) in [6.45, 7) is 3.25. The summed E-state index contributed by atoms with van der Waals surface area (Å²) in [5, 5.41) is 7.05. The molecule has 8 nitrogen and oxygen atoms in total. The van der Waals surface area contributed by atoms with Gasteiger partial charge in [-0.3, -0.25) is 4.79 Å². The van der Waals surface area contributed by atoms with Crippen LogP contribution in [0.1, 0.15) is 12.8 Å². The second-order valence-corrected chi connectivity index (χ2v) is 10.1. The van der Waals surface area contributed by atoms with E-state index in [0.29, 0.717) is 55.9 Å². The van der Waals surface area contributed by atoms with Gasteiger partial charge in [-0.1, -0.05) is 29.8 Å². The predicted octanol–water partition coefficient (Wildman–Crippen LogP) is 2.64. The zero-order valence-electron chi connectivity index (χ0n) is 18.0. The van der Waals surface area contributed by atoms with Gasteiger partial charge in [0.15, 0.2) is 0 Å². The molecule has 0 aliphatic carbocycles. The van der Waals surface area contributed by atoms with Crippen LogP contribution in [0.25, 0.3) is 21.3 Å². The maximum atomic E-state index is 11.8. The largest absolute Gasteiger partial charge is 0.377 e. The summed E-state index contributed by atoms with van der Waals surface area (Å²) in [5.41, 5.74) is 7.61. The number of ether oxygens (including phenoxy) is 1. The van der Waals surface area contributed by atoms with E-state index in [4.69, 9.17) is 32.0 Å². The van der Waals surface area contributed by atoms with Crippen LogP contribution < -0.4 is 20.9 Å². The highest BCUT2D eigenvalue weighted by Gasteiger charge is 2.40. The van der Waals surface area contributed by atoms with E-state index in [0.717, 1.165) is 40.0 Å². The normalized spacial score (nSPS) is 25.1. The molecule has 3 N–H and O–H groups in total. The number of benzene rings is 1. The monoisotopic (exact) mass is 484 g/mol. The summed E-state index contributed by atoms with van der Waals surface area (Å²) in [6, 6.07) is 8.09. The number of aromatic nitrogens is 2. The Bertz CT molecular complexity index is 1200. The van der Waals surface area contributed by atoms with E-state index in [1.165, 1.54) is 0 Å². The van der Waals surface area contributed by atoms with Crippen LogP contribution in [0.5, 0.6) is 0 Å². The number of hydrogen-bond acceptors (Lipinski definition) is 8. The van der Waals surface area contributed by atoms with Gasteiger partial charge in [0.2, 0.25) is 11.9 Å². The Balaban J connectivity index is 1.51. The van der Waals surface area contributed by atoms with Crippen molar-refractivity contribution in [1.29, 1.82) is 0 Å². The molecule has 6 rings (SSSR count). The van der Waals surface area contributed by atoms with Crippen LogP contribution in [0.3, 0.4) is 0 Å². The molecule has 2 bridgehead atoms. The Morgan fingerprint density at radius 2 is 1.97 bits per heavy atom. The van der Waals surface area contributed by atoms with Crippen molar-refractivity contribution in [2.24, 2.45) is 5.73 Å². The first-order valence-electron chi connectivity index (χ1n) is 11.3. The summed E-state index contributed by atoms with van der Waals surface area (Å²) in [4.78, 5) is 27.3. The number of nitrogens with zero attached hydrogens (tertiary/aromatic N) is 4. The molecule has 3 fully saturated rings. The molecule has 3 atom stereocenters. The maximum Gasteiger partial charge on any atom is 0.236 e. The third kappa shape index (κ3) is 3.63. The minimum absolute atomic E-state index is 0.301. The van der Waals surface area contributed by atoms with Crippen LogP contribution in [0, 0.1) is 0 Å². The number of anilines is 2. The topological polar surface area (TPSA) is 96.6 Å². The quantitative estimate of drug-likeness (QED) is 0.587. The van der Waals surface area contributed by atoms with Gasteiger partial charge in [-0.15, -0.1) is 11.3 Å².